The lowest BCUT2D eigenvalue weighted by Gasteiger charge is -2.58. The summed E-state index contributed by atoms with van der Waals surface area (Å²) in [4.78, 5) is 0. The second-order valence-electron chi connectivity index (χ2n) is 12.2. The molecule has 5 unspecified atom stereocenters. The first-order valence-electron chi connectivity index (χ1n) is 12.7. The molecule has 0 aromatic rings. The van der Waals surface area contributed by atoms with E-state index >= 15 is 0 Å². The standard InChI is InChI=1S/C27H45O2/c1-17(2)25(29)11-6-18(3)22-9-10-23-21-8-7-19-16-20(28)12-14-26(19,4)24(21)13-15-27(22,23)5/h7,17-18,20-25,28H,6,8-16H2,1-5H3/q-1/t18-,20?,21?,22?,23?,24?,25+,26+,27-/m1/s1. The van der Waals surface area contributed by atoms with E-state index in [1.165, 1.54) is 38.5 Å². The van der Waals surface area contributed by atoms with Crippen LogP contribution in [0.4, 0.5) is 0 Å². The van der Waals surface area contributed by atoms with E-state index in [4.69, 9.17) is 0 Å². The molecule has 0 aromatic carbocycles. The first-order chi connectivity index (χ1) is 13.7. The fourth-order valence-electron chi connectivity index (χ4n) is 8.58. The van der Waals surface area contributed by atoms with Crippen LogP contribution in [0.2, 0.25) is 0 Å². The Morgan fingerprint density at radius 3 is 2.52 bits per heavy atom. The topological polar surface area (TPSA) is 43.3 Å². The van der Waals surface area contributed by atoms with E-state index in [1.807, 2.05) is 0 Å². The summed E-state index contributed by atoms with van der Waals surface area (Å²) < 4.78 is 0. The average Bonchev–Trinajstić information content (AvgIpc) is 3.03. The minimum atomic E-state index is -0.387. The molecule has 1 N–H and O–H groups in total. The van der Waals surface area contributed by atoms with Crippen LogP contribution >= 0.6 is 0 Å². The Labute approximate surface area is 179 Å². The van der Waals surface area contributed by atoms with E-state index in [1.54, 1.807) is 5.57 Å². The van der Waals surface area contributed by atoms with Crippen LogP contribution < -0.4 is 5.11 Å². The summed E-state index contributed by atoms with van der Waals surface area (Å²) in [5.41, 5.74) is 2.41. The maximum Gasteiger partial charge on any atom is 0.0577 e. The highest BCUT2D eigenvalue weighted by molar-refractivity contribution is 5.25. The first kappa shape index (κ1) is 21.9. The van der Waals surface area contributed by atoms with Crippen molar-refractivity contribution in [3.8, 4) is 0 Å². The number of aliphatic hydroxyl groups is 1. The van der Waals surface area contributed by atoms with Gasteiger partial charge in [0.15, 0.2) is 0 Å². The lowest BCUT2D eigenvalue weighted by atomic mass is 9.47. The summed E-state index contributed by atoms with van der Waals surface area (Å²) in [6, 6.07) is 0. The van der Waals surface area contributed by atoms with Crippen LogP contribution in [-0.4, -0.2) is 17.3 Å². The molecule has 2 heteroatoms. The van der Waals surface area contributed by atoms with Gasteiger partial charge in [0.2, 0.25) is 0 Å². The zero-order valence-corrected chi connectivity index (χ0v) is 19.6. The zero-order chi connectivity index (χ0) is 21.0. The molecule has 0 spiro atoms. The number of allylic oxidation sites excluding steroid dienone is 1. The molecular weight excluding hydrogens is 356 g/mol. The molecule has 29 heavy (non-hydrogen) atoms. The van der Waals surface area contributed by atoms with Crippen molar-refractivity contribution >= 4 is 0 Å². The summed E-state index contributed by atoms with van der Waals surface area (Å²) in [7, 11) is 0. The van der Waals surface area contributed by atoms with Gasteiger partial charge in [-0.2, -0.15) is 0 Å². The summed E-state index contributed by atoms with van der Waals surface area (Å²) in [5, 5.41) is 22.5. The Balaban J connectivity index is 1.49. The SMILES string of the molecule is CC(C)[C@@H]([O-])CC[C@@H](C)C1CCC2C3CC=C4CC(O)CC[C@]4(C)C3CC[C@@]21C. The summed E-state index contributed by atoms with van der Waals surface area (Å²) in [5.74, 6) is 4.30. The zero-order valence-electron chi connectivity index (χ0n) is 19.6. The van der Waals surface area contributed by atoms with Crippen LogP contribution in [0.3, 0.4) is 0 Å². The van der Waals surface area contributed by atoms with Crippen molar-refractivity contribution in [1.82, 2.24) is 0 Å². The van der Waals surface area contributed by atoms with Crippen LogP contribution in [0.15, 0.2) is 11.6 Å². The van der Waals surface area contributed by atoms with Gasteiger partial charge < -0.3 is 10.2 Å². The minimum Gasteiger partial charge on any atom is -0.852 e. The fourth-order valence-corrected chi connectivity index (χ4v) is 8.58. The second kappa shape index (κ2) is 7.97. The van der Waals surface area contributed by atoms with Crippen molar-refractivity contribution in [3.63, 3.8) is 0 Å². The Kier molecular flexibility index (Phi) is 6.01. The maximum atomic E-state index is 12.3. The molecular formula is C27H45O2-. The monoisotopic (exact) mass is 401 g/mol. The van der Waals surface area contributed by atoms with Crippen LogP contribution in [0.25, 0.3) is 0 Å². The molecule has 166 valence electrons. The number of fused-ring (bicyclic) bond motifs is 5. The molecule has 0 radical (unpaired) electrons. The van der Waals surface area contributed by atoms with Gasteiger partial charge in [-0.15, -0.1) is 6.10 Å². The molecule has 9 atom stereocenters. The van der Waals surface area contributed by atoms with Crippen LogP contribution in [-0.2, 0) is 0 Å². The molecule has 0 aromatic heterocycles. The smallest absolute Gasteiger partial charge is 0.0577 e. The Morgan fingerprint density at radius 1 is 1.03 bits per heavy atom. The van der Waals surface area contributed by atoms with Gasteiger partial charge in [-0.25, -0.2) is 0 Å². The Hall–Kier alpha value is -0.340. The summed E-state index contributed by atoms with van der Waals surface area (Å²) in [6.45, 7) is 11.7. The molecule has 3 saturated carbocycles. The van der Waals surface area contributed by atoms with Gasteiger partial charge in [0.25, 0.3) is 0 Å². The minimum absolute atomic E-state index is 0.105. The average molecular weight is 402 g/mol. The molecule has 4 aliphatic carbocycles. The van der Waals surface area contributed by atoms with Gasteiger partial charge in [-0.1, -0.05) is 65.0 Å². The van der Waals surface area contributed by atoms with Crippen LogP contribution in [0.1, 0.15) is 98.8 Å². The third-order valence-electron chi connectivity index (χ3n) is 10.5. The van der Waals surface area contributed by atoms with Crippen molar-refractivity contribution in [1.29, 1.82) is 0 Å². The number of aliphatic hydroxyl groups excluding tert-OH is 1. The van der Waals surface area contributed by atoms with Gasteiger partial charge in [-0.3, -0.25) is 0 Å². The molecule has 2 nitrogen and oxygen atoms in total. The largest absolute Gasteiger partial charge is 0.852 e. The van der Waals surface area contributed by atoms with E-state index in [0.29, 0.717) is 16.7 Å². The van der Waals surface area contributed by atoms with E-state index < -0.39 is 0 Å². The van der Waals surface area contributed by atoms with Gasteiger partial charge >= 0.3 is 0 Å². The van der Waals surface area contributed by atoms with E-state index in [2.05, 4.69) is 40.7 Å². The normalized spacial score (nSPS) is 46.5. The molecule has 0 saturated heterocycles. The second-order valence-corrected chi connectivity index (χ2v) is 12.2. The molecule has 3 fully saturated rings. The van der Waals surface area contributed by atoms with Crippen molar-refractivity contribution in [2.75, 3.05) is 0 Å². The molecule has 0 heterocycles. The third-order valence-corrected chi connectivity index (χ3v) is 10.5. The summed E-state index contributed by atoms with van der Waals surface area (Å²) in [6.07, 6.45) is 13.9. The third kappa shape index (κ3) is 3.65. The van der Waals surface area contributed by atoms with E-state index in [0.717, 1.165) is 49.4 Å². The van der Waals surface area contributed by atoms with Gasteiger partial charge in [-0.05, 0) is 91.8 Å². The highest BCUT2D eigenvalue weighted by Crippen LogP contribution is 2.67. The van der Waals surface area contributed by atoms with E-state index in [-0.39, 0.29) is 18.1 Å². The van der Waals surface area contributed by atoms with Gasteiger partial charge in [0.1, 0.15) is 0 Å². The fraction of sp³-hybridized carbons (Fsp3) is 0.926. The Morgan fingerprint density at radius 2 is 1.79 bits per heavy atom. The number of hydrogen-bond acceptors (Lipinski definition) is 2. The van der Waals surface area contributed by atoms with Crippen LogP contribution in [0, 0.1) is 46.3 Å². The maximum absolute atomic E-state index is 12.3. The van der Waals surface area contributed by atoms with Crippen molar-refractivity contribution in [2.45, 2.75) is 111 Å². The van der Waals surface area contributed by atoms with Gasteiger partial charge in [0, 0.05) is 0 Å². The predicted octanol–water partition coefficient (Wildman–Crippen LogP) is 5.73. The van der Waals surface area contributed by atoms with Crippen LogP contribution in [0.5, 0.6) is 0 Å². The molecule has 4 aliphatic rings. The Bertz CT molecular complexity index is 624. The first-order valence-corrected chi connectivity index (χ1v) is 12.7. The molecule has 0 aliphatic heterocycles. The van der Waals surface area contributed by atoms with Crippen molar-refractivity contribution in [2.24, 2.45) is 46.3 Å². The predicted molar refractivity (Wildman–Crippen MR) is 118 cm³/mol. The lowest BCUT2D eigenvalue weighted by molar-refractivity contribution is -0.432. The van der Waals surface area contributed by atoms with Crippen molar-refractivity contribution < 1.29 is 10.2 Å². The van der Waals surface area contributed by atoms with Crippen molar-refractivity contribution in [3.05, 3.63) is 11.6 Å². The number of rotatable bonds is 5. The van der Waals surface area contributed by atoms with E-state index in [9.17, 15) is 10.2 Å². The van der Waals surface area contributed by atoms with Gasteiger partial charge in [0.05, 0.1) is 6.10 Å². The molecule has 0 amide bonds. The summed E-state index contributed by atoms with van der Waals surface area (Å²) >= 11 is 0. The highest BCUT2D eigenvalue weighted by Gasteiger charge is 2.59. The lowest BCUT2D eigenvalue weighted by Crippen LogP contribution is -2.50. The number of hydrogen-bond donors (Lipinski definition) is 1. The molecule has 0 bridgehead atoms. The quantitative estimate of drug-likeness (QED) is 0.598. The molecule has 4 rings (SSSR count). The highest BCUT2D eigenvalue weighted by atomic mass is 16.3.